The van der Waals surface area contributed by atoms with Crippen molar-refractivity contribution in [1.82, 2.24) is 0 Å². The molecule has 10 heteroatoms. The number of hydrogen-bond donors (Lipinski definition) is 0. The highest BCUT2D eigenvalue weighted by molar-refractivity contribution is 6.16. The van der Waals surface area contributed by atoms with Gasteiger partial charge in [0.25, 0.3) is 0 Å². The van der Waals surface area contributed by atoms with E-state index in [1.165, 1.54) is 0 Å². The fourth-order valence-corrected chi connectivity index (χ4v) is 3.70. The highest BCUT2D eigenvalue weighted by atomic mass is 14.9. The summed E-state index contributed by atoms with van der Waals surface area (Å²) in [5, 5.41) is 0. The molecule has 0 fully saturated rings. The molecular weight excluding hydrogens is 1200 g/mol. The Bertz CT molecular complexity index is 1510. The van der Waals surface area contributed by atoms with Crippen LogP contribution in [0.2, 0.25) is 0 Å². The zero-order valence-electron chi connectivity index (χ0n) is 77.9. The molecule has 0 radical (unpaired) electrons. The zero-order valence-corrected chi connectivity index (χ0v) is 77.9. The van der Waals surface area contributed by atoms with Gasteiger partial charge in [-0.2, -0.15) is 0 Å². The van der Waals surface area contributed by atoms with E-state index >= 15 is 0 Å². The van der Waals surface area contributed by atoms with Crippen LogP contribution in [0.3, 0.4) is 0 Å². The Balaban J connectivity index is -0.0000000678. The largest absolute Gasteiger partial charge is 0.287 e. The maximum absolute atomic E-state index is 4.35. The third-order valence-corrected chi connectivity index (χ3v) is 7.47. The van der Waals surface area contributed by atoms with Crippen molar-refractivity contribution in [1.29, 1.82) is 0 Å². The second-order valence-electron chi connectivity index (χ2n) is 36.0. The third kappa shape index (κ3) is 219. The highest BCUT2D eigenvalue weighted by Gasteiger charge is 2.11. The molecule has 0 aromatic carbocycles. The van der Waals surface area contributed by atoms with E-state index in [1.54, 1.807) is 25.1 Å². The maximum Gasteiger partial charge on any atom is 0.110 e. The van der Waals surface area contributed by atoms with Gasteiger partial charge in [-0.25, -0.2) is 9.98 Å². The number of rotatable bonds is 7. The van der Waals surface area contributed by atoms with Crippen molar-refractivity contribution in [2.75, 3.05) is 0 Å². The standard InChI is InChI=1S/4C11H21N.3C10H20N2.7C2H6/c2*1-10(2,3)7-8-12-9-11(4,5)6;2*1-10(2,3)8-7-9-12-11(4,5)6;2*1-9(2,3)7-11-8-12-10(4,5)6;1-9(2,3)11-7-8-12-10(4,5)6;7*1-2/h4*7-9H,1-6H3;3*7-8H,1-6H3;7*1-2H3/b4*8-7-,12-9?;;;;;;;;;;. The molecule has 0 saturated carbocycles. The second-order valence-corrected chi connectivity index (χ2v) is 36.0. The molecule has 0 aromatic rings. The molecule has 0 aliphatic rings. The summed E-state index contributed by atoms with van der Waals surface area (Å²) in [5.41, 5.74) is 1.68. The Kier molecular flexibility index (Phi) is 86.9. The molecule has 588 valence electrons. The zero-order chi connectivity index (χ0) is 82.8. The molecule has 0 saturated heterocycles. The normalized spacial score (nSPS) is 13.1. The van der Waals surface area contributed by atoms with Crippen LogP contribution in [0.4, 0.5) is 0 Å². The number of nitrogens with zero attached hydrogens (tertiary/aromatic N) is 10. The number of hydrogen-bond acceptors (Lipinski definition) is 8. The molecule has 0 aliphatic heterocycles. The van der Waals surface area contributed by atoms with Gasteiger partial charge < -0.3 is 0 Å². The van der Waals surface area contributed by atoms with Crippen molar-refractivity contribution in [2.45, 2.75) is 421 Å². The maximum atomic E-state index is 4.35. The van der Waals surface area contributed by atoms with Gasteiger partial charge in [0.2, 0.25) is 0 Å². The first-order valence-corrected chi connectivity index (χ1v) is 37.6. The molecule has 0 atom stereocenters. The van der Waals surface area contributed by atoms with Crippen LogP contribution in [0.1, 0.15) is 388 Å². The van der Waals surface area contributed by atoms with Crippen LogP contribution in [-0.4, -0.2) is 95.6 Å². The van der Waals surface area contributed by atoms with Crippen molar-refractivity contribution in [3.05, 3.63) is 48.9 Å². The van der Waals surface area contributed by atoms with Gasteiger partial charge in [-0.05, 0) is 180 Å². The van der Waals surface area contributed by atoms with Gasteiger partial charge in [-0.1, -0.05) is 287 Å². The lowest BCUT2D eigenvalue weighted by Crippen LogP contribution is -2.12. The fraction of sp³-hybridized carbons (Fsp3) is 0.795. The van der Waals surface area contributed by atoms with E-state index in [-0.39, 0.29) is 76.6 Å². The van der Waals surface area contributed by atoms with E-state index < -0.39 is 0 Å². The van der Waals surface area contributed by atoms with E-state index in [1.807, 2.05) is 159 Å². The lowest BCUT2D eigenvalue weighted by molar-refractivity contribution is 0.542. The summed E-state index contributed by atoms with van der Waals surface area (Å²) in [6, 6.07) is 0. The quantitative estimate of drug-likeness (QED) is 0.178. The van der Waals surface area contributed by atoms with E-state index in [4.69, 9.17) is 0 Å². The van der Waals surface area contributed by atoms with Crippen molar-refractivity contribution < 1.29 is 0 Å². The van der Waals surface area contributed by atoms with Gasteiger partial charge in [-0.15, -0.1) is 0 Å². The van der Waals surface area contributed by atoms with E-state index in [9.17, 15) is 0 Å². The Hall–Kier alpha value is -4.34. The smallest absolute Gasteiger partial charge is 0.110 e. The van der Waals surface area contributed by atoms with Gasteiger partial charge in [0.15, 0.2) is 0 Å². The number of allylic oxidation sites excluding steroid dienone is 6. The number of aliphatic imine (C=N–C) groups is 10. The van der Waals surface area contributed by atoms with Crippen molar-refractivity contribution in [3.63, 3.8) is 0 Å². The molecule has 0 amide bonds. The van der Waals surface area contributed by atoms with Crippen LogP contribution in [0.15, 0.2) is 98.8 Å². The van der Waals surface area contributed by atoms with Crippen LogP contribution < -0.4 is 0 Å². The molecule has 0 aromatic heterocycles. The van der Waals surface area contributed by atoms with Gasteiger partial charge in [0.1, 0.15) is 12.7 Å². The average molecular weight is 1380 g/mol. The Labute approximate surface area is 622 Å². The predicted octanol–water partition coefficient (Wildman–Crippen LogP) is 30.0. The van der Waals surface area contributed by atoms with Gasteiger partial charge in [0.05, 0.1) is 33.2 Å². The van der Waals surface area contributed by atoms with E-state index in [0.717, 1.165) is 0 Å². The molecule has 0 aliphatic carbocycles. The van der Waals surface area contributed by atoms with Crippen LogP contribution in [-0.2, 0) is 0 Å². The van der Waals surface area contributed by atoms with Gasteiger partial charge >= 0.3 is 0 Å². The molecule has 10 nitrogen and oxygen atoms in total. The van der Waals surface area contributed by atoms with E-state index in [2.05, 4.69) is 365 Å². The summed E-state index contributed by atoms with van der Waals surface area (Å²) < 4.78 is 0. The van der Waals surface area contributed by atoms with Crippen LogP contribution in [0, 0.1) is 43.3 Å². The summed E-state index contributed by atoms with van der Waals surface area (Å²) >= 11 is 0. The molecule has 0 rings (SSSR count). The Morgan fingerprint density at radius 3 is 0.459 bits per heavy atom. The van der Waals surface area contributed by atoms with Crippen LogP contribution in [0.5, 0.6) is 0 Å². The summed E-state index contributed by atoms with van der Waals surface area (Å²) in [4.78, 5) is 42.4. The SMILES string of the molecule is CC.CC.CC.CC.CC.CC.CC.CC(C)(C)/C=C\C=NC(C)(C)C.CC(C)(C)/C=C\C=NC(C)(C)C.CC(C)(C)C=N/C=C\C(C)(C)C.CC(C)(C)C=N/C=C\C(C)(C)C.CC(C)(C)C=NC=NC(C)(C)C.CC(C)(C)C=NC=NC(C)(C)C.CC(C)(C)N=CC=NC(C)(C)C. The monoisotopic (exact) mass is 1380 g/mol. The van der Waals surface area contributed by atoms with E-state index in [0.29, 0.717) is 0 Å². The summed E-state index contributed by atoms with van der Waals surface area (Å²) in [5.74, 6) is 0. The lowest BCUT2D eigenvalue weighted by Gasteiger charge is -2.11. The molecule has 0 unspecified atom stereocenters. The fourth-order valence-electron chi connectivity index (χ4n) is 3.70. The first-order chi connectivity index (χ1) is 43.4. The molecule has 98 heavy (non-hydrogen) atoms. The highest BCUT2D eigenvalue weighted by Crippen LogP contribution is 2.18. The minimum Gasteiger partial charge on any atom is -0.287 e. The minimum atomic E-state index is -0.0186. The molecule has 0 spiro atoms. The topological polar surface area (TPSA) is 124 Å². The molecule has 0 bridgehead atoms. The first kappa shape index (κ1) is 127. The van der Waals surface area contributed by atoms with Gasteiger partial charge in [0, 0.05) is 62.1 Å². The Morgan fingerprint density at radius 1 is 0.163 bits per heavy atom. The van der Waals surface area contributed by atoms with Crippen molar-refractivity contribution >= 4 is 62.4 Å². The lowest BCUT2D eigenvalue weighted by atomic mass is 9.96. The Morgan fingerprint density at radius 2 is 0.316 bits per heavy atom. The van der Waals surface area contributed by atoms with Crippen molar-refractivity contribution in [2.24, 2.45) is 93.2 Å². The summed E-state index contributed by atoms with van der Waals surface area (Å²) in [6.07, 6.45) is 34.6. The summed E-state index contributed by atoms with van der Waals surface area (Å²) in [7, 11) is 0. The van der Waals surface area contributed by atoms with Gasteiger partial charge in [-0.3, -0.25) is 39.9 Å². The van der Waals surface area contributed by atoms with Crippen LogP contribution in [0.25, 0.3) is 0 Å². The second kappa shape index (κ2) is 67.2. The first-order valence-electron chi connectivity index (χ1n) is 37.6. The minimum absolute atomic E-state index is 0.00387. The summed E-state index contributed by atoms with van der Waals surface area (Å²) in [6.45, 7) is 117. The molecule has 0 N–H and O–H groups in total. The average Bonchev–Trinajstić information content (AvgIpc) is 1.25. The predicted molar refractivity (Wildman–Crippen MR) is 475 cm³/mol. The third-order valence-electron chi connectivity index (χ3n) is 7.47. The molecule has 0 heterocycles. The van der Waals surface area contributed by atoms with Crippen LogP contribution >= 0.6 is 0 Å². The molecular formula is C88H186N10. The van der Waals surface area contributed by atoms with Crippen molar-refractivity contribution in [3.8, 4) is 0 Å².